The van der Waals surface area contributed by atoms with Gasteiger partial charge >= 0.3 is 0 Å². The van der Waals surface area contributed by atoms with E-state index in [1.807, 2.05) is 0 Å². The number of rotatable bonds is 3. The number of fused-ring (bicyclic) bond motifs is 1. The first-order valence-electron chi connectivity index (χ1n) is 5.97. The number of nitrogens with zero attached hydrogens (tertiary/aromatic N) is 1. The van der Waals surface area contributed by atoms with Gasteiger partial charge in [-0.15, -0.1) is 0 Å². The molecule has 0 saturated heterocycles. The largest absolute Gasteiger partial charge is 0.345 e. The molecule has 0 aliphatic rings. The molecule has 0 aliphatic carbocycles. The maximum atomic E-state index is 3.73. The number of hydrogen-bond acceptors (Lipinski definition) is 1. The predicted molar refractivity (Wildman–Crippen MR) is 77.3 cm³/mol. The number of aromatic nitrogens is 1. The van der Waals surface area contributed by atoms with Crippen molar-refractivity contribution in [1.82, 2.24) is 9.88 Å². The Kier molecular flexibility index (Phi) is 3.59. The van der Waals surface area contributed by atoms with E-state index in [1.54, 1.807) is 0 Å². The SMILES string of the molecule is Cc1ccc2c(c1)c(Br)c(CNC(C)C)n2C. The number of hydrogen-bond donors (Lipinski definition) is 1. The van der Waals surface area contributed by atoms with E-state index in [-0.39, 0.29) is 0 Å². The third-order valence-corrected chi connectivity index (χ3v) is 3.97. The van der Waals surface area contributed by atoms with Gasteiger partial charge in [0.2, 0.25) is 0 Å². The van der Waals surface area contributed by atoms with E-state index in [4.69, 9.17) is 0 Å². The molecule has 0 atom stereocenters. The van der Waals surface area contributed by atoms with Crippen LogP contribution in [0.5, 0.6) is 0 Å². The van der Waals surface area contributed by atoms with Gasteiger partial charge in [-0.1, -0.05) is 25.5 Å². The van der Waals surface area contributed by atoms with E-state index in [0.717, 1.165) is 6.54 Å². The highest BCUT2D eigenvalue weighted by Gasteiger charge is 2.12. The summed E-state index contributed by atoms with van der Waals surface area (Å²) >= 11 is 3.73. The zero-order chi connectivity index (χ0) is 12.6. The molecule has 1 heterocycles. The summed E-state index contributed by atoms with van der Waals surface area (Å²) in [5.74, 6) is 0. The fourth-order valence-corrected chi connectivity index (χ4v) is 2.79. The molecule has 0 unspecified atom stereocenters. The molecule has 2 rings (SSSR count). The lowest BCUT2D eigenvalue weighted by molar-refractivity contribution is 0.571. The lowest BCUT2D eigenvalue weighted by Gasteiger charge is -2.09. The van der Waals surface area contributed by atoms with Gasteiger partial charge in [-0.3, -0.25) is 0 Å². The van der Waals surface area contributed by atoms with Crippen molar-refractivity contribution >= 4 is 26.8 Å². The van der Waals surface area contributed by atoms with Crippen LogP contribution in [0.4, 0.5) is 0 Å². The smallest absolute Gasteiger partial charge is 0.0492 e. The van der Waals surface area contributed by atoms with E-state index < -0.39 is 0 Å². The van der Waals surface area contributed by atoms with Crippen LogP contribution in [0.1, 0.15) is 25.1 Å². The minimum absolute atomic E-state index is 0.502. The first-order valence-corrected chi connectivity index (χ1v) is 6.76. The molecular formula is C14H19BrN2. The lowest BCUT2D eigenvalue weighted by atomic mass is 10.2. The third-order valence-electron chi connectivity index (χ3n) is 3.09. The molecule has 1 aromatic heterocycles. The van der Waals surface area contributed by atoms with Gasteiger partial charge in [-0.2, -0.15) is 0 Å². The quantitative estimate of drug-likeness (QED) is 0.912. The number of halogens is 1. The molecule has 0 aliphatic heterocycles. The average molecular weight is 295 g/mol. The lowest BCUT2D eigenvalue weighted by Crippen LogP contribution is -2.23. The van der Waals surface area contributed by atoms with Crippen molar-refractivity contribution in [2.24, 2.45) is 7.05 Å². The zero-order valence-corrected chi connectivity index (χ0v) is 12.4. The highest BCUT2D eigenvalue weighted by atomic mass is 79.9. The summed E-state index contributed by atoms with van der Waals surface area (Å²) < 4.78 is 3.47. The molecule has 0 saturated carbocycles. The van der Waals surface area contributed by atoms with Crippen LogP contribution in [-0.2, 0) is 13.6 Å². The Balaban J connectivity index is 2.49. The standard InChI is InChI=1S/C14H19BrN2/c1-9(2)16-8-13-14(15)11-7-10(3)5-6-12(11)17(13)4/h5-7,9,16H,8H2,1-4H3. The average Bonchev–Trinajstić information content (AvgIpc) is 2.49. The summed E-state index contributed by atoms with van der Waals surface area (Å²) in [5, 5.41) is 4.77. The van der Waals surface area contributed by atoms with Crippen LogP contribution in [0.15, 0.2) is 22.7 Å². The Bertz CT molecular complexity index is 541. The van der Waals surface area contributed by atoms with Crippen molar-refractivity contribution in [2.45, 2.75) is 33.4 Å². The van der Waals surface area contributed by atoms with Gasteiger partial charge in [0.1, 0.15) is 0 Å². The number of aryl methyl sites for hydroxylation is 2. The second-order valence-corrected chi connectivity index (χ2v) is 5.67. The maximum absolute atomic E-state index is 3.73. The zero-order valence-electron chi connectivity index (χ0n) is 10.8. The highest BCUT2D eigenvalue weighted by molar-refractivity contribution is 9.10. The van der Waals surface area contributed by atoms with Gasteiger partial charge < -0.3 is 9.88 Å². The van der Waals surface area contributed by atoms with Crippen molar-refractivity contribution in [2.75, 3.05) is 0 Å². The van der Waals surface area contributed by atoms with Crippen molar-refractivity contribution in [1.29, 1.82) is 0 Å². The van der Waals surface area contributed by atoms with Crippen LogP contribution in [0.2, 0.25) is 0 Å². The summed E-state index contributed by atoms with van der Waals surface area (Å²) in [4.78, 5) is 0. The van der Waals surface area contributed by atoms with Gasteiger partial charge in [-0.25, -0.2) is 0 Å². The number of benzene rings is 1. The van der Waals surface area contributed by atoms with Gasteiger partial charge in [0.05, 0.1) is 0 Å². The molecule has 0 radical (unpaired) electrons. The molecular weight excluding hydrogens is 276 g/mol. The topological polar surface area (TPSA) is 17.0 Å². The molecule has 2 aromatic rings. The highest BCUT2D eigenvalue weighted by Crippen LogP contribution is 2.31. The summed E-state index contributed by atoms with van der Waals surface area (Å²) in [6.45, 7) is 7.36. The molecule has 0 amide bonds. The molecule has 2 nitrogen and oxygen atoms in total. The Hall–Kier alpha value is -0.800. The minimum atomic E-state index is 0.502. The van der Waals surface area contributed by atoms with Crippen LogP contribution in [-0.4, -0.2) is 10.6 Å². The van der Waals surface area contributed by atoms with Crippen molar-refractivity contribution in [3.63, 3.8) is 0 Å². The third kappa shape index (κ3) is 2.40. The molecule has 1 aromatic carbocycles. The van der Waals surface area contributed by atoms with Crippen LogP contribution in [0, 0.1) is 6.92 Å². The summed E-state index contributed by atoms with van der Waals surface area (Å²) in [5.41, 5.74) is 3.88. The summed E-state index contributed by atoms with van der Waals surface area (Å²) in [6, 6.07) is 7.09. The van der Waals surface area contributed by atoms with E-state index >= 15 is 0 Å². The Morgan fingerprint density at radius 2 is 2.06 bits per heavy atom. The molecule has 0 fully saturated rings. The number of nitrogens with one attached hydrogen (secondary N) is 1. The second-order valence-electron chi connectivity index (χ2n) is 4.88. The van der Waals surface area contributed by atoms with E-state index in [9.17, 15) is 0 Å². The normalized spacial score (nSPS) is 11.6. The van der Waals surface area contributed by atoms with Crippen LogP contribution >= 0.6 is 15.9 Å². The Morgan fingerprint density at radius 3 is 2.71 bits per heavy atom. The van der Waals surface area contributed by atoms with Crippen molar-refractivity contribution in [3.05, 3.63) is 33.9 Å². The van der Waals surface area contributed by atoms with Crippen LogP contribution in [0.3, 0.4) is 0 Å². The van der Waals surface area contributed by atoms with Gasteiger partial charge in [0.25, 0.3) is 0 Å². The molecule has 3 heteroatoms. The van der Waals surface area contributed by atoms with Gasteiger partial charge in [0.15, 0.2) is 0 Å². The molecule has 92 valence electrons. The minimum Gasteiger partial charge on any atom is -0.345 e. The fraction of sp³-hybridized carbons (Fsp3) is 0.429. The molecule has 0 spiro atoms. The Morgan fingerprint density at radius 1 is 1.35 bits per heavy atom. The van der Waals surface area contributed by atoms with E-state index in [1.165, 1.54) is 26.6 Å². The summed E-state index contributed by atoms with van der Waals surface area (Å²) in [7, 11) is 2.12. The van der Waals surface area contributed by atoms with Crippen molar-refractivity contribution < 1.29 is 0 Å². The molecule has 1 N–H and O–H groups in total. The first-order chi connectivity index (χ1) is 8.00. The molecule has 17 heavy (non-hydrogen) atoms. The van der Waals surface area contributed by atoms with E-state index in [0.29, 0.717) is 6.04 Å². The predicted octanol–water partition coefficient (Wildman–Crippen LogP) is 3.75. The monoisotopic (exact) mass is 294 g/mol. The van der Waals surface area contributed by atoms with Gasteiger partial charge in [0, 0.05) is 40.7 Å². The van der Waals surface area contributed by atoms with Crippen LogP contribution < -0.4 is 5.32 Å². The first kappa shape index (κ1) is 12.7. The summed E-state index contributed by atoms with van der Waals surface area (Å²) in [6.07, 6.45) is 0. The Labute approximate surface area is 111 Å². The van der Waals surface area contributed by atoms with Crippen LogP contribution in [0.25, 0.3) is 10.9 Å². The fourth-order valence-electron chi connectivity index (χ4n) is 2.06. The molecule has 0 bridgehead atoms. The van der Waals surface area contributed by atoms with Gasteiger partial charge in [-0.05, 0) is 35.0 Å². The van der Waals surface area contributed by atoms with E-state index in [2.05, 4.69) is 71.8 Å². The van der Waals surface area contributed by atoms with Crippen molar-refractivity contribution in [3.8, 4) is 0 Å². The second kappa shape index (κ2) is 4.83. The maximum Gasteiger partial charge on any atom is 0.0492 e.